The van der Waals surface area contributed by atoms with Crippen LogP contribution in [0.15, 0.2) is 11.0 Å². The third kappa shape index (κ3) is 3.25. The normalized spacial score (nSPS) is 19.2. The minimum Gasteiger partial charge on any atom is -0.378 e. The van der Waals surface area contributed by atoms with Gasteiger partial charge in [0.2, 0.25) is 10.1 Å². The van der Waals surface area contributed by atoms with E-state index in [0.29, 0.717) is 31.3 Å². The van der Waals surface area contributed by atoms with E-state index < -0.39 is 0 Å². The van der Waals surface area contributed by atoms with Gasteiger partial charge in [0.1, 0.15) is 5.56 Å². The maximum absolute atomic E-state index is 12.8. The van der Waals surface area contributed by atoms with Gasteiger partial charge in [0, 0.05) is 32.4 Å². The average Bonchev–Trinajstić information content (AvgIpc) is 2.90. The van der Waals surface area contributed by atoms with Crippen molar-refractivity contribution < 1.29 is 9.53 Å². The van der Waals surface area contributed by atoms with Gasteiger partial charge in [0.05, 0.1) is 13.2 Å². The van der Waals surface area contributed by atoms with E-state index in [9.17, 15) is 9.59 Å². The van der Waals surface area contributed by atoms with Crippen LogP contribution in [0.4, 0.5) is 5.13 Å². The first-order chi connectivity index (χ1) is 12.2. The van der Waals surface area contributed by atoms with Crippen molar-refractivity contribution in [2.45, 2.75) is 25.7 Å². The molecule has 0 unspecified atom stereocenters. The highest BCUT2D eigenvalue weighted by Gasteiger charge is 2.23. The lowest BCUT2D eigenvalue weighted by Gasteiger charge is -2.25. The molecule has 4 rings (SSSR count). The fourth-order valence-electron chi connectivity index (χ4n) is 3.25. The molecule has 0 radical (unpaired) electrons. The Morgan fingerprint density at radius 2 is 1.80 bits per heavy atom. The number of hydrogen-bond donors (Lipinski definition) is 0. The van der Waals surface area contributed by atoms with Crippen molar-refractivity contribution in [3.05, 3.63) is 22.1 Å². The van der Waals surface area contributed by atoms with Crippen LogP contribution in [0.5, 0.6) is 0 Å². The molecule has 0 atom stereocenters. The molecule has 2 fully saturated rings. The summed E-state index contributed by atoms with van der Waals surface area (Å²) in [5, 5.41) is 5.15. The molecule has 0 saturated carbocycles. The molecular weight excluding hydrogens is 342 g/mol. The van der Waals surface area contributed by atoms with Gasteiger partial charge in [-0.05, 0) is 12.8 Å². The number of likely N-dealkylation sites (tertiary alicyclic amines) is 1. The van der Waals surface area contributed by atoms with Crippen molar-refractivity contribution >= 4 is 27.3 Å². The molecule has 0 aromatic carbocycles. The van der Waals surface area contributed by atoms with Crippen molar-refractivity contribution in [2.75, 3.05) is 44.3 Å². The second-order valence-corrected chi connectivity index (χ2v) is 7.30. The monoisotopic (exact) mass is 363 g/mol. The third-order valence-corrected chi connectivity index (χ3v) is 5.66. The lowest BCUT2D eigenvalue weighted by atomic mass is 10.2. The van der Waals surface area contributed by atoms with E-state index in [0.717, 1.165) is 43.9 Å². The van der Waals surface area contributed by atoms with E-state index in [4.69, 9.17) is 4.74 Å². The van der Waals surface area contributed by atoms with Gasteiger partial charge in [-0.2, -0.15) is 4.52 Å². The summed E-state index contributed by atoms with van der Waals surface area (Å²) in [5.41, 5.74) is -0.270. The minimum atomic E-state index is -0.380. The van der Waals surface area contributed by atoms with Crippen molar-refractivity contribution in [1.82, 2.24) is 19.5 Å². The van der Waals surface area contributed by atoms with E-state index >= 15 is 0 Å². The number of hydrogen-bond acceptors (Lipinski definition) is 7. The molecule has 134 valence electrons. The first-order valence-corrected chi connectivity index (χ1v) is 9.56. The molecular formula is C16H21N5O3S. The first kappa shape index (κ1) is 16.5. The fraction of sp³-hybridized carbons (Fsp3) is 0.625. The predicted molar refractivity (Wildman–Crippen MR) is 94.5 cm³/mol. The molecule has 0 spiro atoms. The fourth-order valence-corrected chi connectivity index (χ4v) is 4.16. The van der Waals surface area contributed by atoms with Crippen molar-refractivity contribution in [3.8, 4) is 0 Å². The molecule has 9 heteroatoms. The topological polar surface area (TPSA) is 80.0 Å². The van der Waals surface area contributed by atoms with E-state index in [1.807, 2.05) is 0 Å². The van der Waals surface area contributed by atoms with Gasteiger partial charge < -0.3 is 14.5 Å². The summed E-state index contributed by atoms with van der Waals surface area (Å²) in [6.07, 6.45) is 5.65. The number of ether oxygens (including phenoxy) is 1. The van der Waals surface area contributed by atoms with E-state index in [1.165, 1.54) is 22.0 Å². The number of nitrogens with zero attached hydrogens (tertiary/aromatic N) is 5. The van der Waals surface area contributed by atoms with Crippen LogP contribution in [0.25, 0.3) is 4.96 Å². The third-order valence-electron chi connectivity index (χ3n) is 4.68. The zero-order valence-corrected chi connectivity index (χ0v) is 14.8. The molecule has 8 nitrogen and oxygen atoms in total. The maximum Gasteiger partial charge on any atom is 0.288 e. The molecule has 0 N–H and O–H groups in total. The quantitative estimate of drug-likeness (QED) is 0.792. The number of rotatable bonds is 2. The number of fused-ring (bicyclic) bond motifs is 1. The SMILES string of the molecule is O=C(c1cnc2sc(N3CCOCC3)nn2c1=O)N1CCCCCC1. The molecule has 4 heterocycles. The van der Waals surface area contributed by atoms with Crippen LogP contribution in [-0.2, 0) is 4.74 Å². The standard InChI is InChI=1S/C16H21N5O3S/c22-13(19-5-3-1-2-4-6-19)12-11-17-15-21(14(12)23)18-16(25-15)20-7-9-24-10-8-20/h11H,1-10H2. The Morgan fingerprint density at radius 1 is 1.08 bits per heavy atom. The van der Waals surface area contributed by atoms with E-state index in [1.54, 1.807) is 4.90 Å². The number of aromatic nitrogens is 3. The highest BCUT2D eigenvalue weighted by molar-refractivity contribution is 7.20. The molecule has 0 bridgehead atoms. The Bertz CT molecular complexity index is 819. The van der Waals surface area contributed by atoms with Crippen LogP contribution in [0.3, 0.4) is 0 Å². The second kappa shape index (κ2) is 7.09. The highest BCUT2D eigenvalue weighted by atomic mass is 32.1. The Morgan fingerprint density at radius 3 is 2.52 bits per heavy atom. The minimum absolute atomic E-state index is 0.109. The molecule has 2 saturated heterocycles. The summed E-state index contributed by atoms with van der Waals surface area (Å²) < 4.78 is 6.61. The number of anilines is 1. The smallest absolute Gasteiger partial charge is 0.288 e. The van der Waals surface area contributed by atoms with Crippen LogP contribution in [-0.4, -0.2) is 64.8 Å². The molecule has 0 aliphatic carbocycles. The van der Waals surface area contributed by atoms with Crippen LogP contribution in [0.1, 0.15) is 36.0 Å². The van der Waals surface area contributed by atoms with Crippen molar-refractivity contribution in [3.63, 3.8) is 0 Å². The summed E-state index contributed by atoms with van der Waals surface area (Å²) >= 11 is 1.36. The van der Waals surface area contributed by atoms with Crippen LogP contribution in [0, 0.1) is 0 Å². The van der Waals surface area contributed by atoms with Gasteiger partial charge in [-0.15, -0.1) is 5.10 Å². The Balaban J connectivity index is 1.65. The Hall–Kier alpha value is -2.00. The summed E-state index contributed by atoms with van der Waals surface area (Å²) in [5.74, 6) is -0.227. The second-order valence-electron chi connectivity index (χ2n) is 6.36. The molecule has 25 heavy (non-hydrogen) atoms. The zero-order valence-electron chi connectivity index (χ0n) is 14.0. The zero-order chi connectivity index (χ0) is 17.2. The molecule has 2 aromatic heterocycles. The highest BCUT2D eigenvalue weighted by Crippen LogP contribution is 2.22. The molecule has 2 aliphatic heterocycles. The lowest BCUT2D eigenvalue weighted by Crippen LogP contribution is -2.37. The van der Waals surface area contributed by atoms with Gasteiger partial charge in [-0.1, -0.05) is 24.2 Å². The van der Waals surface area contributed by atoms with Crippen molar-refractivity contribution in [2.24, 2.45) is 0 Å². The summed E-state index contributed by atoms with van der Waals surface area (Å²) in [6.45, 7) is 4.20. The van der Waals surface area contributed by atoms with Gasteiger partial charge in [0.15, 0.2) is 0 Å². The summed E-state index contributed by atoms with van der Waals surface area (Å²) in [6, 6.07) is 0. The van der Waals surface area contributed by atoms with Crippen LogP contribution >= 0.6 is 11.3 Å². The average molecular weight is 363 g/mol. The van der Waals surface area contributed by atoms with Crippen LogP contribution < -0.4 is 10.5 Å². The largest absolute Gasteiger partial charge is 0.378 e. The number of morpholine rings is 1. The number of carbonyl (C=O) groups excluding carboxylic acids is 1. The number of carbonyl (C=O) groups is 1. The van der Waals surface area contributed by atoms with Gasteiger partial charge in [-0.25, -0.2) is 4.98 Å². The van der Waals surface area contributed by atoms with Gasteiger partial charge in [-0.3, -0.25) is 9.59 Å². The first-order valence-electron chi connectivity index (χ1n) is 8.75. The Kier molecular flexibility index (Phi) is 4.67. The molecule has 2 aliphatic rings. The maximum atomic E-state index is 12.8. The molecule has 1 amide bonds. The Labute approximate surface area is 149 Å². The predicted octanol–water partition coefficient (Wildman–Crippen LogP) is 1.00. The summed E-state index contributed by atoms with van der Waals surface area (Å²) in [7, 11) is 0. The summed E-state index contributed by atoms with van der Waals surface area (Å²) in [4.78, 5) is 34.2. The van der Waals surface area contributed by atoms with E-state index in [-0.39, 0.29) is 17.0 Å². The van der Waals surface area contributed by atoms with Crippen molar-refractivity contribution in [1.29, 1.82) is 0 Å². The van der Waals surface area contributed by atoms with Gasteiger partial charge >= 0.3 is 0 Å². The van der Waals surface area contributed by atoms with Crippen LogP contribution in [0.2, 0.25) is 0 Å². The van der Waals surface area contributed by atoms with E-state index in [2.05, 4.69) is 15.0 Å². The lowest BCUT2D eigenvalue weighted by molar-refractivity contribution is 0.0759. The molecule has 2 aromatic rings. The number of amides is 1. The van der Waals surface area contributed by atoms with Gasteiger partial charge in [0.25, 0.3) is 11.5 Å².